The fourth-order valence-corrected chi connectivity index (χ4v) is 2.32. The van der Waals surface area contributed by atoms with Crippen LogP contribution in [0.1, 0.15) is 22.6 Å². The number of nitrogens with zero attached hydrogens (tertiary/aromatic N) is 1. The lowest BCUT2D eigenvalue weighted by Crippen LogP contribution is -2.00. The molecule has 1 heterocycles. The number of para-hydroxylation sites is 1. The molecule has 2 aromatic rings. The molecule has 6 heteroatoms. The van der Waals surface area contributed by atoms with Gasteiger partial charge in [0.2, 0.25) is 0 Å². The SMILES string of the molecule is Cc1noc(C)c1COc1c(Br)cccc1C=CC(=O)O. The Bertz CT molecular complexity index is 671. The van der Waals surface area contributed by atoms with E-state index < -0.39 is 5.97 Å². The maximum Gasteiger partial charge on any atom is 0.328 e. The van der Waals surface area contributed by atoms with Crippen molar-refractivity contribution >= 4 is 28.0 Å². The van der Waals surface area contributed by atoms with Gasteiger partial charge in [-0.3, -0.25) is 0 Å². The van der Waals surface area contributed by atoms with E-state index >= 15 is 0 Å². The molecule has 0 saturated carbocycles. The molecule has 0 bridgehead atoms. The Morgan fingerprint density at radius 1 is 1.48 bits per heavy atom. The lowest BCUT2D eigenvalue weighted by atomic mass is 10.2. The summed E-state index contributed by atoms with van der Waals surface area (Å²) < 4.78 is 11.7. The summed E-state index contributed by atoms with van der Waals surface area (Å²) in [5.74, 6) is 0.281. The van der Waals surface area contributed by atoms with Gasteiger partial charge in [0.25, 0.3) is 0 Å². The Morgan fingerprint density at radius 2 is 2.24 bits per heavy atom. The molecule has 0 atom stereocenters. The molecule has 5 nitrogen and oxygen atoms in total. The van der Waals surface area contributed by atoms with Crippen molar-refractivity contribution in [2.24, 2.45) is 0 Å². The van der Waals surface area contributed by atoms with Crippen molar-refractivity contribution in [3.63, 3.8) is 0 Å². The average Bonchev–Trinajstić information content (AvgIpc) is 2.75. The van der Waals surface area contributed by atoms with Crippen LogP contribution in [0.2, 0.25) is 0 Å². The number of carbonyl (C=O) groups is 1. The molecular weight excluding hydrogens is 338 g/mol. The van der Waals surface area contributed by atoms with Gasteiger partial charge in [0.05, 0.1) is 15.7 Å². The number of benzene rings is 1. The third-order valence-corrected chi connectivity index (χ3v) is 3.57. The zero-order valence-electron chi connectivity index (χ0n) is 11.6. The van der Waals surface area contributed by atoms with Crippen molar-refractivity contribution < 1.29 is 19.2 Å². The van der Waals surface area contributed by atoms with Crippen LogP contribution in [0.3, 0.4) is 0 Å². The number of hydrogen-bond donors (Lipinski definition) is 1. The second kappa shape index (κ2) is 6.58. The predicted octanol–water partition coefficient (Wildman–Crippen LogP) is 3.73. The fourth-order valence-electron chi connectivity index (χ4n) is 1.82. The largest absolute Gasteiger partial charge is 0.487 e. The van der Waals surface area contributed by atoms with Gasteiger partial charge in [0.1, 0.15) is 18.1 Å². The Morgan fingerprint density at radius 3 is 2.86 bits per heavy atom. The summed E-state index contributed by atoms with van der Waals surface area (Å²) in [5, 5.41) is 12.6. The zero-order chi connectivity index (χ0) is 15.4. The van der Waals surface area contributed by atoms with Crippen LogP contribution in [0.15, 0.2) is 33.3 Å². The smallest absolute Gasteiger partial charge is 0.328 e. The highest BCUT2D eigenvalue weighted by molar-refractivity contribution is 9.10. The molecule has 2 rings (SSSR count). The first-order valence-electron chi connectivity index (χ1n) is 6.23. The maximum absolute atomic E-state index is 10.6. The number of halogens is 1. The summed E-state index contributed by atoms with van der Waals surface area (Å²) in [6.07, 6.45) is 2.57. The summed E-state index contributed by atoms with van der Waals surface area (Å²) in [7, 11) is 0. The van der Waals surface area contributed by atoms with E-state index in [0.29, 0.717) is 23.7 Å². The number of ether oxygens (including phenoxy) is 1. The molecule has 0 spiro atoms. The molecule has 0 unspecified atom stereocenters. The van der Waals surface area contributed by atoms with E-state index in [4.69, 9.17) is 14.4 Å². The van der Waals surface area contributed by atoms with Crippen molar-refractivity contribution in [1.82, 2.24) is 5.16 Å². The van der Waals surface area contributed by atoms with Crippen LogP contribution in [0.25, 0.3) is 6.08 Å². The van der Waals surface area contributed by atoms with Gasteiger partial charge in [-0.2, -0.15) is 0 Å². The molecule has 110 valence electrons. The quantitative estimate of drug-likeness (QED) is 0.830. The van der Waals surface area contributed by atoms with Crippen molar-refractivity contribution in [1.29, 1.82) is 0 Å². The van der Waals surface area contributed by atoms with Gasteiger partial charge in [-0.15, -0.1) is 0 Å². The molecule has 0 radical (unpaired) electrons. The van der Waals surface area contributed by atoms with Crippen LogP contribution in [0.5, 0.6) is 5.75 Å². The minimum atomic E-state index is -1.01. The number of hydrogen-bond acceptors (Lipinski definition) is 4. The summed E-state index contributed by atoms with van der Waals surface area (Å²) in [6, 6.07) is 5.43. The monoisotopic (exact) mass is 351 g/mol. The van der Waals surface area contributed by atoms with Gasteiger partial charge in [-0.25, -0.2) is 4.79 Å². The molecule has 0 aliphatic rings. The van der Waals surface area contributed by atoms with Crippen LogP contribution >= 0.6 is 15.9 Å². The normalized spacial score (nSPS) is 11.0. The molecule has 1 aromatic carbocycles. The number of carboxylic acids is 1. The number of aryl methyl sites for hydroxylation is 2. The van der Waals surface area contributed by atoms with Crippen molar-refractivity contribution in [2.75, 3.05) is 0 Å². The highest BCUT2D eigenvalue weighted by atomic mass is 79.9. The lowest BCUT2D eigenvalue weighted by Gasteiger charge is -2.11. The molecular formula is C15H14BrNO4. The van der Waals surface area contributed by atoms with Crippen LogP contribution in [0, 0.1) is 13.8 Å². The molecule has 0 aliphatic heterocycles. The second-order valence-corrected chi connectivity index (χ2v) is 5.28. The van der Waals surface area contributed by atoms with E-state index in [2.05, 4.69) is 21.1 Å². The van der Waals surface area contributed by atoms with Gasteiger partial charge in [-0.1, -0.05) is 17.3 Å². The fraction of sp³-hybridized carbons (Fsp3) is 0.200. The third-order valence-electron chi connectivity index (χ3n) is 2.94. The number of rotatable bonds is 5. The first-order chi connectivity index (χ1) is 9.99. The Labute approximate surface area is 130 Å². The summed E-state index contributed by atoms with van der Waals surface area (Å²) in [6.45, 7) is 3.97. The van der Waals surface area contributed by atoms with Crippen LogP contribution < -0.4 is 4.74 Å². The van der Waals surface area contributed by atoms with E-state index in [-0.39, 0.29) is 0 Å². The Balaban J connectivity index is 2.25. The van der Waals surface area contributed by atoms with E-state index in [1.54, 1.807) is 6.07 Å². The van der Waals surface area contributed by atoms with Crippen molar-refractivity contribution in [3.8, 4) is 5.75 Å². The predicted molar refractivity (Wildman–Crippen MR) is 81.1 cm³/mol. The van der Waals surface area contributed by atoms with Gasteiger partial charge in [-0.05, 0) is 41.9 Å². The van der Waals surface area contributed by atoms with Crippen LogP contribution in [-0.4, -0.2) is 16.2 Å². The third kappa shape index (κ3) is 3.72. The number of aromatic nitrogens is 1. The molecule has 0 saturated heterocycles. The molecule has 0 amide bonds. The van der Waals surface area contributed by atoms with Gasteiger partial charge in [0.15, 0.2) is 0 Å². The lowest BCUT2D eigenvalue weighted by molar-refractivity contribution is -0.131. The van der Waals surface area contributed by atoms with Gasteiger partial charge >= 0.3 is 5.97 Å². The maximum atomic E-state index is 10.6. The Hall–Kier alpha value is -2.08. The number of carboxylic acid groups (broad SMARTS) is 1. The van der Waals surface area contributed by atoms with Crippen LogP contribution in [0.4, 0.5) is 0 Å². The van der Waals surface area contributed by atoms with Gasteiger partial charge < -0.3 is 14.4 Å². The standard InChI is InChI=1S/C15H14BrNO4/c1-9-12(10(2)21-17-9)8-20-15-11(6-7-14(18)19)4-3-5-13(15)16/h3-7H,8H2,1-2H3,(H,18,19). The first-order valence-corrected chi connectivity index (χ1v) is 7.02. The molecule has 1 N–H and O–H groups in total. The van der Waals surface area contributed by atoms with Crippen molar-refractivity contribution in [3.05, 3.63) is 51.3 Å². The highest BCUT2D eigenvalue weighted by Crippen LogP contribution is 2.31. The topological polar surface area (TPSA) is 72.6 Å². The average molecular weight is 352 g/mol. The molecule has 0 fully saturated rings. The zero-order valence-corrected chi connectivity index (χ0v) is 13.2. The van der Waals surface area contributed by atoms with Crippen molar-refractivity contribution in [2.45, 2.75) is 20.5 Å². The van der Waals surface area contributed by atoms with Crippen LogP contribution in [-0.2, 0) is 11.4 Å². The van der Waals surface area contributed by atoms with E-state index in [1.807, 2.05) is 26.0 Å². The summed E-state index contributed by atoms with van der Waals surface area (Å²) in [4.78, 5) is 10.6. The molecule has 0 aliphatic carbocycles. The summed E-state index contributed by atoms with van der Waals surface area (Å²) in [5.41, 5.74) is 2.35. The summed E-state index contributed by atoms with van der Waals surface area (Å²) >= 11 is 3.41. The minimum absolute atomic E-state index is 0.303. The second-order valence-electron chi connectivity index (χ2n) is 4.42. The van der Waals surface area contributed by atoms with E-state index in [9.17, 15) is 4.79 Å². The highest BCUT2D eigenvalue weighted by Gasteiger charge is 2.12. The van der Waals surface area contributed by atoms with Gasteiger partial charge in [0, 0.05) is 11.6 Å². The van der Waals surface area contributed by atoms with E-state index in [1.165, 1.54) is 6.08 Å². The molecule has 21 heavy (non-hydrogen) atoms. The number of aliphatic carboxylic acids is 1. The first kappa shape index (κ1) is 15.3. The Kier molecular flexibility index (Phi) is 4.80. The molecule has 1 aromatic heterocycles. The minimum Gasteiger partial charge on any atom is -0.487 e. The van der Waals surface area contributed by atoms with E-state index in [0.717, 1.165) is 21.8 Å².